The molecule has 2 saturated heterocycles. The van der Waals surface area contributed by atoms with Gasteiger partial charge in [-0.25, -0.2) is 0 Å². The zero-order chi connectivity index (χ0) is 43.8. The van der Waals surface area contributed by atoms with Crippen LogP contribution < -0.4 is 0 Å². The number of aliphatic hydroxyl groups excluding tert-OH is 9. The third-order valence-electron chi connectivity index (χ3n) is 16.9. The fraction of sp³-hybridized carbons (Fsp3) is 0.932. The molecule has 340 valence electrons. The molecule has 0 bridgehead atoms. The van der Waals surface area contributed by atoms with Gasteiger partial charge in [0.25, 0.3) is 0 Å². The monoisotopic (exact) mass is 843 g/mol. The molecule has 9 N–H and O–H groups in total. The van der Waals surface area contributed by atoms with E-state index >= 15 is 0 Å². The third-order valence-corrected chi connectivity index (χ3v) is 16.9. The molecule has 6 fully saturated rings. The van der Waals surface area contributed by atoms with Crippen LogP contribution in [0.25, 0.3) is 0 Å². The van der Waals surface area contributed by atoms with Crippen LogP contribution in [0.2, 0.25) is 0 Å². The number of allylic oxidation sites excluding steroid dienone is 2. The Balaban J connectivity index is 1.38. The highest BCUT2D eigenvalue weighted by Gasteiger charge is 2.74. The van der Waals surface area contributed by atoms with Crippen molar-refractivity contribution >= 4 is 5.97 Å². The third kappa shape index (κ3) is 7.99. The molecule has 15 heteroatoms. The second kappa shape index (κ2) is 17.0. The van der Waals surface area contributed by atoms with Crippen LogP contribution in [0.1, 0.15) is 114 Å². The van der Waals surface area contributed by atoms with Crippen molar-refractivity contribution in [2.75, 3.05) is 13.2 Å². The topological polar surface area (TPSA) is 245 Å². The van der Waals surface area contributed by atoms with Gasteiger partial charge in [0, 0.05) is 6.92 Å². The first-order valence-corrected chi connectivity index (χ1v) is 21.8. The molecule has 21 atom stereocenters. The predicted octanol–water partition coefficient (Wildman–Crippen LogP) is 1.69. The van der Waals surface area contributed by atoms with E-state index < -0.39 is 120 Å². The van der Waals surface area contributed by atoms with Gasteiger partial charge in [0.2, 0.25) is 0 Å². The van der Waals surface area contributed by atoms with Gasteiger partial charge in [-0.05, 0) is 117 Å². The van der Waals surface area contributed by atoms with Crippen LogP contribution in [-0.2, 0) is 28.5 Å². The lowest BCUT2D eigenvalue weighted by Gasteiger charge is -2.72. The van der Waals surface area contributed by atoms with Crippen molar-refractivity contribution in [3.8, 4) is 0 Å². The Bertz CT molecular complexity index is 1520. The number of carbonyl (C=O) groups excluding carboxylic acids is 1. The number of hydrogen-bond acceptors (Lipinski definition) is 15. The normalized spacial score (nSPS) is 50.4. The van der Waals surface area contributed by atoms with Crippen molar-refractivity contribution < 1.29 is 74.4 Å². The Morgan fingerprint density at radius 1 is 0.797 bits per heavy atom. The van der Waals surface area contributed by atoms with E-state index in [1.807, 2.05) is 34.6 Å². The summed E-state index contributed by atoms with van der Waals surface area (Å²) in [5.74, 6) is -1.46. The largest absolute Gasteiger partial charge is 0.463 e. The highest BCUT2D eigenvalue weighted by Crippen LogP contribution is 2.76. The fourth-order valence-electron chi connectivity index (χ4n) is 13.6. The first kappa shape index (κ1) is 47.2. The molecule has 0 aromatic rings. The number of fused-ring (bicyclic) bond motifs is 5. The van der Waals surface area contributed by atoms with Crippen molar-refractivity contribution in [3.63, 3.8) is 0 Å². The van der Waals surface area contributed by atoms with Gasteiger partial charge in [-0.15, -0.1) is 0 Å². The molecule has 2 aliphatic heterocycles. The number of carbonyl (C=O) groups is 1. The highest BCUT2D eigenvalue weighted by atomic mass is 16.7. The van der Waals surface area contributed by atoms with Crippen LogP contribution in [0.5, 0.6) is 0 Å². The van der Waals surface area contributed by atoms with Gasteiger partial charge in [0.05, 0.1) is 30.5 Å². The van der Waals surface area contributed by atoms with Gasteiger partial charge in [-0.3, -0.25) is 4.79 Å². The molecule has 2 heterocycles. The minimum absolute atomic E-state index is 0.0220. The first-order chi connectivity index (χ1) is 27.4. The van der Waals surface area contributed by atoms with Crippen molar-refractivity contribution in [3.05, 3.63) is 11.6 Å². The predicted molar refractivity (Wildman–Crippen MR) is 212 cm³/mol. The summed E-state index contributed by atoms with van der Waals surface area (Å²) in [6.45, 7) is 17.1. The van der Waals surface area contributed by atoms with Crippen LogP contribution in [-0.4, -0.2) is 150 Å². The maximum Gasteiger partial charge on any atom is 0.302 e. The van der Waals surface area contributed by atoms with E-state index in [2.05, 4.69) is 26.8 Å². The Morgan fingerprint density at radius 3 is 2.02 bits per heavy atom. The van der Waals surface area contributed by atoms with Gasteiger partial charge in [0.1, 0.15) is 55.4 Å². The second-order valence-electron chi connectivity index (χ2n) is 20.9. The average Bonchev–Trinajstić information content (AvgIpc) is 3.54. The number of hydrogen-bond donors (Lipinski definition) is 9. The molecule has 0 unspecified atom stereocenters. The molecule has 15 nitrogen and oxygen atoms in total. The summed E-state index contributed by atoms with van der Waals surface area (Å²) in [4.78, 5) is 11.7. The van der Waals surface area contributed by atoms with E-state index in [1.54, 1.807) is 0 Å². The molecule has 0 aromatic carbocycles. The molecule has 4 saturated carbocycles. The number of esters is 1. The molecule has 0 radical (unpaired) electrons. The van der Waals surface area contributed by atoms with E-state index in [0.29, 0.717) is 51.4 Å². The van der Waals surface area contributed by atoms with Crippen LogP contribution in [0.4, 0.5) is 0 Å². The number of ether oxygens (including phenoxy) is 5. The van der Waals surface area contributed by atoms with E-state index in [1.165, 1.54) is 6.92 Å². The molecule has 0 spiro atoms. The standard InChI is InChI=1S/C44H74O15/c1-21(2)11-10-14-44(9,59-39-36(54)33(51)31(49)26(19-45)57-39)23-12-16-42(7)30(23)24(47)17-28-41(6)15-13-29(48)40(4,5)37(41)25(18-43(28,42)8)56-38-35(53)34(52)32(50)27(58-38)20-55-22(3)46/h11,23-39,45,47-54H,10,12-20H2,1-9H3/t23-,24+,25-,26+,27+,28+,29-,30-,31+,32+,33-,34-,35+,36+,37-,38+,39-,41+,42+,43+,44-/m0/s1. The Kier molecular flexibility index (Phi) is 13.6. The van der Waals surface area contributed by atoms with Crippen LogP contribution in [0.3, 0.4) is 0 Å². The van der Waals surface area contributed by atoms with Crippen molar-refractivity contribution in [2.45, 2.75) is 199 Å². The van der Waals surface area contributed by atoms with E-state index in [0.717, 1.165) is 5.57 Å². The maximum atomic E-state index is 12.6. The molecular formula is C44H74O15. The van der Waals surface area contributed by atoms with Gasteiger partial charge in [-0.2, -0.15) is 0 Å². The molecular weight excluding hydrogens is 768 g/mol. The summed E-state index contributed by atoms with van der Waals surface area (Å²) in [6.07, 6.45) is -9.91. The van der Waals surface area contributed by atoms with E-state index in [-0.39, 0.29) is 30.3 Å². The highest BCUT2D eigenvalue weighted by molar-refractivity contribution is 5.65. The first-order valence-electron chi connectivity index (χ1n) is 21.8. The average molecular weight is 843 g/mol. The molecule has 0 amide bonds. The summed E-state index contributed by atoms with van der Waals surface area (Å²) < 4.78 is 30.8. The summed E-state index contributed by atoms with van der Waals surface area (Å²) in [6, 6.07) is 0. The second-order valence-corrected chi connectivity index (χ2v) is 20.9. The van der Waals surface area contributed by atoms with E-state index in [4.69, 9.17) is 23.7 Å². The lowest BCUT2D eigenvalue weighted by Crippen LogP contribution is -2.71. The lowest BCUT2D eigenvalue weighted by molar-refractivity contribution is -0.349. The van der Waals surface area contributed by atoms with Crippen molar-refractivity contribution in [2.24, 2.45) is 45.3 Å². The minimum atomic E-state index is -1.65. The molecule has 59 heavy (non-hydrogen) atoms. The van der Waals surface area contributed by atoms with Crippen molar-refractivity contribution in [1.82, 2.24) is 0 Å². The smallest absolute Gasteiger partial charge is 0.302 e. The summed E-state index contributed by atoms with van der Waals surface area (Å²) in [5, 5.41) is 99.6. The van der Waals surface area contributed by atoms with Crippen LogP contribution in [0.15, 0.2) is 11.6 Å². The summed E-state index contributed by atoms with van der Waals surface area (Å²) >= 11 is 0. The molecule has 6 rings (SSSR count). The van der Waals surface area contributed by atoms with Gasteiger partial charge < -0.3 is 69.6 Å². The van der Waals surface area contributed by atoms with Gasteiger partial charge in [0.15, 0.2) is 12.6 Å². The van der Waals surface area contributed by atoms with Gasteiger partial charge in [-0.1, -0.05) is 46.3 Å². The zero-order valence-corrected chi connectivity index (χ0v) is 36.4. The van der Waals surface area contributed by atoms with Crippen molar-refractivity contribution in [1.29, 1.82) is 0 Å². The summed E-state index contributed by atoms with van der Waals surface area (Å²) in [5.41, 5.74) is -2.05. The molecule has 6 aliphatic rings. The maximum absolute atomic E-state index is 12.6. The van der Waals surface area contributed by atoms with E-state index in [9.17, 15) is 50.8 Å². The zero-order valence-electron chi connectivity index (χ0n) is 36.4. The van der Waals surface area contributed by atoms with Crippen LogP contribution >= 0.6 is 0 Å². The molecule has 4 aliphatic carbocycles. The van der Waals surface area contributed by atoms with Gasteiger partial charge >= 0.3 is 5.97 Å². The lowest BCUT2D eigenvalue weighted by atomic mass is 9.34. The van der Waals surface area contributed by atoms with Crippen LogP contribution in [0, 0.1) is 45.3 Å². The quantitative estimate of drug-likeness (QED) is 0.0817. The Labute approximate surface area is 349 Å². The fourth-order valence-corrected chi connectivity index (χ4v) is 13.6. The number of aliphatic hydroxyl groups is 9. The SMILES string of the molecule is CC(=O)OC[C@H]1O[C@@H](O[C@H]2C[C@]3(C)[C@H](C[C@@H](O)[C@@H]4[C@@H]([C@](C)(CCC=C(C)C)O[C@@H]5O[C@H](CO)[C@@H](O)[C@H](O)[C@H]5O)CC[C@]43C)[C@@]3(C)CC[C@H](O)C(C)(C)[C@H]23)[C@H](O)[C@@H](O)[C@@H]1O. The summed E-state index contributed by atoms with van der Waals surface area (Å²) in [7, 11) is 0. The minimum Gasteiger partial charge on any atom is -0.463 e. The molecule has 0 aromatic heterocycles. The Morgan fingerprint density at radius 2 is 1.41 bits per heavy atom. The number of rotatable bonds is 11. The Hall–Kier alpha value is -1.31.